The van der Waals surface area contributed by atoms with Crippen molar-refractivity contribution in [3.8, 4) is 39.0 Å². The van der Waals surface area contributed by atoms with Crippen LogP contribution >= 0.6 is 56.7 Å². The Bertz CT molecular complexity index is 1240. The van der Waals surface area contributed by atoms with Crippen LogP contribution in [0.4, 0.5) is 0 Å². The highest BCUT2D eigenvalue weighted by Crippen LogP contribution is 2.44. The van der Waals surface area contributed by atoms with Gasteiger partial charge in [-0.25, -0.2) is 0 Å². The van der Waals surface area contributed by atoms with Gasteiger partial charge in [0.1, 0.15) is 0 Å². The highest BCUT2D eigenvalue weighted by atomic mass is 32.1. The van der Waals surface area contributed by atoms with E-state index < -0.39 is 8.07 Å². The summed E-state index contributed by atoms with van der Waals surface area (Å²) in [4.78, 5) is 11.0. The molecule has 5 rings (SSSR count). The molecule has 0 aromatic carbocycles. The van der Waals surface area contributed by atoms with E-state index in [0.717, 1.165) is 0 Å². The summed E-state index contributed by atoms with van der Waals surface area (Å²) in [5.41, 5.74) is 0. The summed E-state index contributed by atoms with van der Waals surface area (Å²) in [6.45, 7) is 7.26. The third-order valence-electron chi connectivity index (χ3n) is 4.66. The number of hydrogen-bond acceptors (Lipinski definition) is 5. The quantitative estimate of drug-likeness (QED) is 0.218. The topological polar surface area (TPSA) is 0 Å². The summed E-state index contributed by atoms with van der Waals surface area (Å²) in [6, 6.07) is 22.6. The third kappa shape index (κ3) is 4.02. The minimum absolute atomic E-state index is 1.23. The molecule has 0 nitrogen and oxygen atoms in total. The summed E-state index contributed by atoms with van der Waals surface area (Å²) in [7, 11) is -1.23. The van der Waals surface area contributed by atoms with E-state index in [0.29, 0.717) is 0 Å². The van der Waals surface area contributed by atoms with Gasteiger partial charge in [0.2, 0.25) is 0 Å². The van der Waals surface area contributed by atoms with Crippen molar-refractivity contribution in [1.29, 1.82) is 0 Å². The van der Waals surface area contributed by atoms with E-state index in [4.69, 9.17) is 0 Å². The Morgan fingerprint density at radius 3 is 1.28 bits per heavy atom. The van der Waals surface area contributed by atoms with Crippen molar-refractivity contribution in [3.05, 3.63) is 66.0 Å². The van der Waals surface area contributed by atoms with Crippen LogP contribution in [0.2, 0.25) is 19.6 Å². The SMILES string of the molecule is C[Si](C)(C)c1ccc(-c2ccc(-c3ccc(-c4ccc(-c5cccs5)s4)s3)s2)s1. The summed E-state index contributed by atoms with van der Waals surface area (Å²) < 4.78 is 1.58. The molecule has 0 fully saturated rings. The van der Waals surface area contributed by atoms with Gasteiger partial charge >= 0.3 is 0 Å². The minimum Gasteiger partial charge on any atom is -0.144 e. The van der Waals surface area contributed by atoms with Crippen LogP contribution in [-0.2, 0) is 0 Å². The molecule has 0 aliphatic carbocycles. The smallest absolute Gasteiger partial charge is 0.0904 e. The number of rotatable bonds is 5. The average Bonchev–Trinajstić information content (AvgIpc) is 3.53. The maximum Gasteiger partial charge on any atom is 0.0904 e. The van der Waals surface area contributed by atoms with Gasteiger partial charge in [0.25, 0.3) is 0 Å². The molecule has 0 N–H and O–H groups in total. The molecule has 0 radical (unpaired) electrons. The van der Waals surface area contributed by atoms with Gasteiger partial charge in [0.15, 0.2) is 0 Å². The Hall–Kier alpha value is -1.28. The van der Waals surface area contributed by atoms with Gasteiger partial charge in [-0.05, 0) is 58.4 Å². The van der Waals surface area contributed by atoms with Crippen molar-refractivity contribution >= 4 is 69.3 Å². The van der Waals surface area contributed by atoms with Crippen LogP contribution in [0.15, 0.2) is 66.0 Å². The predicted molar refractivity (Wildman–Crippen MR) is 141 cm³/mol. The molecule has 5 aromatic heterocycles. The minimum atomic E-state index is -1.23. The van der Waals surface area contributed by atoms with Gasteiger partial charge < -0.3 is 0 Å². The van der Waals surface area contributed by atoms with Crippen LogP contribution in [0.1, 0.15) is 0 Å². The molecule has 0 bridgehead atoms. The Morgan fingerprint density at radius 1 is 0.483 bits per heavy atom. The second kappa shape index (κ2) is 7.76. The first-order chi connectivity index (χ1) is 14.0. The fourth-order valence-electron chi connectivity index (χ4n) is 3.10. The van der Waals surface area contributed by atoms with Crippen LogP contribution in [0, 0.1) is 0 Å². The zero-order valence-corrected chi connectivity index (χ0v) is 21.5. The standard InChI is InChI=1S/C23H20S5Si/c1-29(2,3)23-13-12-22(28-23)21-11-10-20(27-21)19-9-8-18(26-19)17-7-6-16(25-17)15-5-4-14-24-15/h4-14H,1-3H3. The van der Waals surface area contributed by atoms with Crippen molar-refractivity contribution < 1.29 is 0 Å². The van der Waals surface area contributed by atoms with Gasteiger partial charge in [0, 0.05) is 39.0 Å². The molecule has 5 aromatic rings. The van der Waals surface area contributed by atoms with E-state index in [1.54, 1.807) is 4.50 Å². The lowest BCUT2D eigenvalue weighted by atomic mass is 10.3. The molecule has 0 atom stereocenters. The van der Waals surface area contributed by atoms with Gasteiger partial charge in [-0.15, -0.1) is 56.7 Å². The molecule has 6 heteroatoms. The lowest BCUT2D eigenvalue weighted by molar-refractivity contribution is 1.79. The first kappa shape index (κ1) is 19.7. The average molecular weight is 485 g/mol. The second-order valence-electron chi connectivity index (χ2n) is 7.88. The molecule has 0 aliphatic rings. The lowest BCUT2D eigenvalue weighted by Gasteiger charge is -2.12. The van der Waals surface area contributed by atoms with Gasteiger partial charge in [0.05, 0.1) is 8.07 Å². The van der Waals surface area contributed by atoms with Crippen LogP contribution in [0.5, 0.6) is 0 Å². The molecule has 0 spiro atoms. The zero-order chi connectivity index (χ0) is 20.0. The Balaban J connectivity index is 1.40. The van der Waals surface area contributed by atoms with E-state index in [1.807, 2.05) is 56.7 Å². The zero-order valence-electron chi connectivity index (χ0n) is 16.4. The lowest BCUT2D eigenvalue weighted by Crippen LogP contribution is -2.34. The summed E-state index contributed by atoms with van der Waals surface area (Å²) in [6.07, 6.45) is 0. The third-order valence-corrected chi connectivity index (χ3v) is 14.3. The van der Waals surface area contributed by atoms with Crippen molar-refractivity contribution in [1.82, 2.24) is 0 Å². The number of thiophene rings is 5. The van der Waals surface area contributed by atoms with Crippen LogP contribution < -0.4 is 4.50 Å². The molecular formula is C23H20S5Si. The Labute approximate surface area is 192 Å². The highest BCUT2D eigenvalue weighted by molar-refractivity contribution is 7.32. The van der Waals surface area contributed by atoms with Gasteiger partial charge in [-0.2, -0.15) is 0 Å². The second-order valence-corrected chi connectivity index (χ2v) is 18.6. The normalized spacial score (nSPS) is 12.0. The molecule has 29 heavy (non-hydrogen) atoms. The first-order valence-electron chi connectivity index (χ1n) is 9.42. The summed E-state index contributed by atoms with van der Waals surface area (Å²) in [5.74, 6) is 0. The van der Waals surface area contributed by atoms with E-state index >= 15 is 0 Å². The predicted octanol–water partition coefficient (Wildman–Crippen LogP) is 9.21. The van der Waals surface area contributed by atoms with Crippen molar-refractivity contribution in [2.45, 2.75) is 19.6 Å². The molecule has 0 amide bonds. The molecule has 146 valence electrons. The van der Waals surface area contributed by atoms with Crippen LogP contribution in [-0.4, -0.2) is 8.07 Å². The Kier molecular flexibility index (Phi) is 5.26. The van der Waals surface area contributed by atoms with E-state index in [-0.39, 0.29) is 0 Å². The molecule has 5 heterocycles. The maximum absolute atomic E-state index is 2.42. The molecule has 0 saturated heterocycles. The summed E-state index contributed by atoms with van der Waals surface area (Å²) >= 11 is 9.50. The van der Waals surface area contributed by atoms with Crippen molar-refractivity contribution in [2.24, 2.45) is 0 Å². The van der Waals surface area contributed by atoms with Crippen molar-refractivity contribution in [3.63, 3.8) is 0 Å². The van der Waals surface area contributed by atoms with E-state index in [2.05, 4.69) is 85.7 Å². The fraction of sp³-hybridized carbons (Fsp3) is 0.130. The molecular weight excluding hydrogens is 465 g/mol. The van der Waals surface area contributed by atoms with E-state index in [9.17, 15) is 0 Å². The monoisotopic (exact) mass is 484 g/mol. The highest BCUT2D eigenvalue weighted by Gasteiger charge is 2.19. The largest absolute Gasteiger partial charge is 0.144 e. The van der Waals surface area contributed by atoms with Crippen LogP contribution in [0.25, 0.3) is 39.0 Å². The first-order valence-corrected chi connectivity index (χ1v) is 17.1. The Morgan fingerprint density at radius 2 is 0.897 bits per heavy atom. The van der Waals surface area contributed by atoms with Gasteiger partial charge in [-0.3, -0.25) is 0 Å². The molecule has 0 saturated carbocycles. The maximum atomic E-state index is 2.42. The summed E-state index contributed by atoms with van der Waals surface area (Å²) in [5, 5.41) is 2.15. The van der Waals surface area contributed by atoms with E-state index in [1.165, 1.54) is 39.0 Å². The van der Waals surface area contributed by atoms with Crippen molar-refractivity contribution in [2.75, 3.05) is 0 Å². The van der Waals surface area contributed by atoms with Gasteiger partial charge in [-0.1, -0.05) is 31.8 Å². The fourth-order valence-corrected chi connectivity index (χ4v) is 10.1. The molecule has 0 aliphatic heterocycles. The number of hydrogen-bond donors (Lipinski definition) is 0. The molecule has 0 unspecified atom stereocenters. The van der Waals surface area contributed by atoms with Crippen LogP contribution in [0.3, 0.4) is 0 Å².